The highest BCUT2D eigenvalue weighted by Gasteiger charge is 2.45. The Hall–Kier alpha value is -0.660. The summed E-state index contributed by atoms with van der Waals surface area (Å²) in [6, 6.07) is 0. The number of alkyl halides is 1. The molecule has 4 N–H and O–H groups in total. The van der Waals surface area contributed by atoms with E-state index in [9.17, 15) is 9.59 Å². The zero-order valence-electron chi connectivity index (χ0n) is 5.91. The molecule has 12 heavy (non-hydrogen) atoms. The quantitative estimate of drug-likeness (QED) is 0.421. The van der Waals surface area contributed by atoms with Crippen LogP contribution in [0.4, 0.5) is 0 Å². The number of nitrogens with one attached hydrogen (secondary N) is 1. The fourth-order valence-corrected chi connectivity index (χ4v) is 1.18. The summed E-state index contributed by atoms with van der Waals surface area (Å²) in [7, 11) is 0. The molecule has 0 aromatic rings. The SMILES string of the molecule is NC(=O)[C@]1(Br)C[C@H](C(=O)O)ON1. The summed E-state index contributed by atoms with van der Waals surface area (Å²) in [5, 5.41) is 8.49. The first-order valence-corrected chi connectivity index (χ1v) is 3.89. The number of carbonyl (C=O) groups is 2. The lowest BCUT2D eigenvalue weighted by molar-refractivity contribution is -0.150. The number of hydroxylamine groups is 1. The Labute approximate surface area is 76.1 Å². The Balaban J connectivity index is 2.67. The van der Waals surface area contributed by atoms with Crippen LogP contribution >= 0.6 is 15.9 Å². The van der Waals surface area contributed by atoms with Crippen molar-refractivity contribution in [2.24, 2.45) is 5.73 Å². The average molecular weight is 239 g/mol. The van der Waals surface area contributed by atoms with Gasteiger partial charge in [0.25, 0.3) is 5.91 Å². The Morgan fingerprint density at radius 3 is 2.58 bits per heavy atom. The van der Waals surface area contributed by atoms with Gasteiger partial charge in [0.15, 0.2) is 10.6 Å². The van der Waals surface area contributed by atoms with E-state index in [1.165, 1.54) is 0 Å². The number of carboxylic acids is 1. The van der Waals surface area contributed by atoms with Crippen molar-refractivity contribution in [3.8, 4) is 0 Å². The van der Waals surface area contributed by atoms with Crippen LogP contribution in [0.3, 0.4) is 0 Å². The van der Waals surface area contributed by atoms with E-state index >= 15 is 0 Å². The number of primary amides is 1. The Morgan fingerprint density at radius 2 is 2.33 bits per heavy atom. The molecule has 0 unspecified atom stereocenters. The molecule has 0 spiro atoms. The molecule has 1 aliphatic rings. The molecule has 0 aliphatic carbocycles. The van der Waals surface area contributed by atoms with E-state index in [0.717, 1.165) is 0 Å². The first kappa shape index (κ1) is 9.43. The molecule has 1 saturated heterocycles. The molecule has 0 bridgehead atoms. The third kappa shape index (κ3) is 1.57. The minimum absolute atomic E-state index is 0.0301. The Morgan fingerprint density at radius 1 is 1.75 bits per heavy atom. The molecule has 0 aromatic carbocycles. The van der Waals surface area contributed by atoms with E-state index in [0.29, 0.717) is 0 Å². The number of amides is 1. The van der Waals surface area contributed by atoms with Crippen molar-refractivity contribution in [3.63, 3.8) is 0 Å². The molecule has 1 amide bonds. The van der Waals surface area contributed by atoms with E-state index in [2.05, 4.69) is 26.2 Å². The van der Waals surface area contributed by atoms with Crippen molar-refractivity contribution in [1.82, 2.24) is 5.48 Å². The van der Waals surface area contributed by atoms with E-state index in [1.807, 2.05) is 0 Å². The lowest BCUT2D eigenvalue weighted by Gasteiger charge is -2.13. The lowest BCUT2D eigenvalue weighted by atomic mass is 10.1. The molecule has 1 aliphatic heterocycles. The number of carboxylic acid groups (broad SMARTS) is 1. The van der Waals surface area contributed by atoms with Gasteiger partial charge in [0.05, 0.1) is 0 Å². The van der Waals surface area contributed by atoms with Crippen LogP contribution in [0.5, 0.6) is 0 Å². The number of rotatable bonds is 2. The maximum Gasteiger partial charge on any atom is 0.335 e. The van der Waals surface area contributed by atoms with Gasteiger partial charge in [-0.3, -0.25) is 9.63 Å². The first-order valence-electron chi connectivity index (χ1n) is 3.10. The van der Waals surface area contributed by atoms with Crippen molar-refractivity contribution < 1.29 is 19.5 Å². The van der Waals surface area contributed by atoms with Crippen LogP contribution in [0.25, 0.3) is 0 Å². The third-order valence-electron chi connectivity index (χ3n) is 1.50. The van der Waals surface area contributed by atoms with Gasteiger partial charge >= 0.3 is 5.97 Å². The smallest absolute Gasteiger partial charge is 0.335 e. The molecular weight excluding hydrogens is 232 g/mol. The zero-order valence-corrected chi connectivity index (χ0v) is 7.50. The Bertz CT molecular complexity index is 233. The van der Waals surface area contributed by atoms with Gasteiger partial charge in [-0.25, -0.2) is 4.79 Å². The van der Waals surface area contributed by atoms with Crippen molar-refractivity contribution >= 4 is 27.8 Å². The number of aliphatic carboxylic acids is 1. The van der Waals surface area contributed by atoms with Crippen LogP contribution in [0.15, 0.2) is 0 Å². The van der Waals surface area contributed by atoms with Gasteiger partial charge in [-0.15, -0.1) is 0 Å². The van der Waals surface area contributed by atoms with Crippen molar-refractivity contribution in [2.75, 3.05) is 0 Å². The standard InChI is InChI=1S/C5H7BrN2O4/c6-5(4(7)11)1-2(3(9)10)12-8-5/h2,8H,1H2,(H2,7,11)(H,9,10)/t2-,5+/m1/s1. The molecule has 2 atom stereocenters. The second kappa shape index (κ2) is 3.00. The highest BCUT2D eigenvalue weighted by atomic mass is 79.9. The van der Waals surface area contributed by atoms with Crippen LogP contribution in [0.2, 0.25) is 0 Å². The monoisotopic (exact) mass is 238 g/mol. The summed E-state index contributed by atoms with van der Waals surface area (Å²) in [5.74, 6) is -1.84. The van der Waals surface area contributed by atoms with Gasteiger partial charge in [0.2, 0.25) is 0 Å². The second-order valence-corrected chi connectivity index (χ2v) is 3.77. The number of nitrogens with two attached hydrogens (primary N) is 1. The highest BCUT2D eigenvalue weighted by Crippen LogP contribution is 2.27. The van der Waals surface area contributed by atoms with Crippen LogP contribution in [0.1, 0.15) is 6.42 Å². The molecule has 1 fully saturated rings. The summed E-state index contributed by atoms with van der Waals surface area (Å²) < 4.78 is -1.25. The highest BCUT2D eigenvalue weighted by molar-refractivity contribution is 9.10. The van der Waals surface area contributed by atoms with Crippen molar-refractivity contribution in [2.45, 2.75) is 17.0 Å². The summed E-state index contributed by atoms with van der Waals surface area (Å²) in [6.45, 7) is 0. The van der Waals surface area contributed by atoms with Gasteiger partial charge < -0.3 is 10.8 Å². The van der Waals surface area contributed by atoms with E-state index in [4.69, 9.17) is 10.8 Å². The molecule has 0 radical (unpaired) electrons. The minimum Gasteiger partial charge on any atom is -0.479 e. The maximum atomic E-state index is 10.7. The maximum absolute atomic E-state index is 10.7. The van der Waals surface area contributed by atoms with Crippen molar-refractivity contribution in [3.05, 3.63) is 0 Å². The summed E-state index contributed by atoms with van der Waals surface area (Å²) in [5.41, 5.74) is 7.20. The van der Waals surface area contributed by atoms with Crippen LogP contribution in [0, 0.1) is 0 Å². The first-order chi connectivity index (χ1) is 5.46. The number of hydrogen-bond donors (Lipinski definition) is 3. The molecule has 7 heteroatoms. The van der Waals surface area contributed by atoms with E-state index in [1.54, 1.807) is 0 Å². The molecule has 1 rings (SSSR count). The predicted molar refractivity (Wildman–Crippen MR) is 41.1 cm³/mol. The average Bonchev–Trinajstić information content (AvgIpc) is 2.33. The normalized spacial score (nSPS) is 34.9. The van der Waals surface area contributed by atoms with Gasteiger partial charge in [-0.05, 0) is 0 Å². The summed E-state index contributed by atoms with van der Waals surface area (Å²) in [6.07, 6.45) is -1.07. The molecular formula is C5H7BrN2O4. The van der Waals surface area contributed by atoms with E-state index in [-0.39, 0.29) is 6.42 Å². The molecule has 6 nitrogen and oxygen atoms in total. The Kier molecular flexibility index (Phi) is 2.36. The summed E-state index contributed by atoms with van der Waals surface area (Å²) in [4.78, 5) is 25.7. The summed E-state index contributed by atoms with van der Waals surface area (Å²) >= 11 is 2.94. The number of hydrogen-bond acceptors (Lipinski definition) is 4. The van der Waals surface area contributed by atoms with Crippen LogP contribution < -0.4 is 11.2 Å². The van der Waals surface area contributed by atoms with E-state index < -0.39 is 22.4 Å². The molecule has 1 heterocycles. The zero-order chi connectivity index (χ0) is 9.35. The number of carbonyl (C=O) groups excluding carboxylic acids is 1. The van der Waals surface area contributed by atoms with Gasteiger partial charge in [0.1, 0.15) is 0 Å². The van der Waals surface area contributed by atoms with Gasteiger partial charge in [0, 0.05) is 6.42 Å². The topological polar surface area (TPSA) is 102 Å². The third-order valence-corrected chi connectivity index (χ3v) is 2.37. The van der Waals surface area contributed by atoms with Crippen LogP contribution in [-0.4, -0.2) is 27.5 Å². The molecule has 68 valence electrons. The van der Waals surface area contributed by atoms with Gasteiger partial charge in [-0.1, -0.05) is 15.9 Å². The fraction of sp³-hybridized carbons (Fsp3) is 0.600. The van der Waals surface area contributed by atoms with Crippen molar-refractivity contribution in [1.29, 1.82) is 0 Å². The largest absolute Gasteiger partial charge is 0.479 e. The van der Waals surface area contributed by atoms with Gasteiger partial charge in [-0.2, -0.15) is 5.48 Å². The molecule has 0 aromatic heterocycles. The molecule has 0 saturated carbocycles. The number of halogens is 1. The minimum atomic E-state index is -1.25. The second-order valence-electron chi connectivity index (χ2n) is 2.42. The fourth-order valence-electron chi connectivity index (χ4n) is 0.792. The predicted octanol–water partition coefficient (Wildman–Crippen LogP) is -1.06. The van der Waals surface area contributed by atoms with Crippen LogP contribution in [-0.2, 0) is 14.4 Å². The lowest BCUT2D eigenvalue weighted by Crippen LogP contribution is -2.45.